The number of aromatic hydroxyl groups is 1. The highest BCUT2D eigenvalue weighted by atomic mass is 16.4. The van der Waals surface area contributed by atoms with Gasteiger partial charge in [-0.3, -0.25) is 24.2 Å². The maximum absolute atomic E-state index is 13.1. The second kappa shape index (κ2) is 16.5. The summed E-state index contributed by atoms with van der Waals surface area (Å²) in [5.74, 6) is -4.77. The van der Waals surface area contributed by atoms with Crippen molar-refractivity contribution in [3.8, 4) is 5.75 Å². The number of benzene rings is 1. The topological polar surface area (TPSA) is 278 Å². The van der Waals surface area contributed by atoms with Gasteiger partial charge < -0.3 is 49.1 Å². The number of aliphatic carboxylic acids is 1. The number of aliphatic imine (C=N–C) groups is 1. The van der Waals surface area contributed by atoms with Crippen LogP contribution in [0, 0.1) is 5.92 Å². The normalized spacial score (nSPS) is 13.8. The molecule has 0 saturated heterocycles. The first kappa shape index (κ1) is 33.6. The average molecular weight is 565 g/mol. The summed E-state index contributed by atoms with van der Waals surface area (Å²) in [6.45, 7) is 3.90. The number of rotatable bonds is 17. The van der Waals surface area contributed by atoms with E-state index >= 15 is 0 Å². The van der Waals surface area contributed by atoms with Crippen LogP contribution in [0.1, 0.15) is 45.1 Å². The Bertz CT molecular complexity index is 1060. The number of phenols is 1. The summed E-state index contributed by atoms with van der Waals surface area (Å²) in [7, 11) is 0. The van der Waals surface area contributed by atoms with E-state index in [1.54, 1.807) is 0 Å². The number of carboxylic acids is 1. The highest BCUT2D eigenvalue weighted by molar-refractivity contribution is 5.96. The first-order valence-corrected chi connectivity index (χ1v) is 12.7. The summed E-state index contributed by atoms with van der Waals surface area (Å²) >= 11 is 0. The third-order valence-electron chi connectivity index (χ3n) is 5.67. The Morgan fingerprint density at radius 1 is 0.875 bits per heavy atom. The van der Waals surface area contributed by atoms with Crippen LogP contribution in [0.4, 0.5) is 0 Å². The lowest BCUT2D eigenvalue weighted by molar-refractivity contribution is -0.142. The molecule has 0 aromatic heterocycles. The third-order valence-corrected chi connectivity index (χ3v) is 5.67. The molecule has 0 aliphatic rings. The molecule has 0 bridgehead atoms. The van der Waals surface area contributed by atoms with Crippen LogP contribution in [-0.2, 0) is 30.4 Å². The summed E-state index contributed by atoms with van der Waals surface area (Å²) in [5.41, 5.74) is 22.2. The molecule has 0 fully saturated rings. The van der Waals surface area contributed by atoms with E-state index in [4.69, 9.17) is 22.9 Å². The van der Waals surface area contributed by atoms with Gasteiger partial charge in [-0.05, 0) is 42.9 Å². The monoisotopic (exact) mass is 564 g/mol. The fourth-order valence-electron chi connectivity index (χ4n) is 3.66. The fourth-order valence-corrected chi connectivity index (χ4v) is 3.66. The van der Waals surface area contributed by atoms with Crippen molar-refractivity contribution in [2.45, 2.75) is 70.1 Å². The van der Waals surface area contributed by atoms with E-state index in [0.717, 1.165) is 0 Å². The Labute approximate surface area is 232 Å². The first-order valence-electron chi connectivity index (χ1n) is 12.7. The average Bonchev–Trinajstić information content (AvgIpc) is 2.85. The number of nitrogens with one attached hydrogen (secondary N) is 3. The molecule has 1 rings (SSSR count). The number of hydrogen-bond donors (Lipinski definition) is 9. The van der Waals surface area contributed by atoms with Crippen LogP contribution in [0.25, 0.3) is 0 Å². The minimum atomic E-state index is -1.51. The molecule has 15 nitrogen and oxygen atoms in total. The Kier molecular flexibility index (Phi) is 13.9. The number of nitrogens with zero attached hydrogens (tertiary/aromatic N) is 1. The van der Waals surface area contributed by atoms with Gasteiger partial charge in [0.25, 0.3) is 0 Å². The van der Waals surface area contributed by atoms with Crippen molar-refractivity contribution in [3.63, 3.8) is 0 Å². The quantitative estimate of drug-likeness (QED) is 0.0558. The number of carbonyl (C=O) groups is 5. The first-order chi connectivity index (χ1) is 18.7. The van der Waals surface area contributed by atoms with Crippen molar-refractivity contribution >= 4 is 35.6 Å². The molecule has 0 spiro atoms. The molecule has 40 heavy (non-hydrogen) atoms. The number of phenolic OH excluding ortho intramolecular Hbond substituents is 1. The van der Waals surface area contributed by atoms with E-state index in [1.807, 2.05) is 13.8 Å². The molecular weight excluding hydrogens is 524 g/mol. The van der Waals surface area contributed by atoms with Crippen LogP contribution in [0.3, 0.4) is 0 Å². The van der Waals surface area contributed by atoms with E-state index < -0.39 is 60.2 Å². The summed E-state index contributed by atoms with van der Waals surface area (Å²) in [6, 6.07) is 0.731. The zero-order valence-corrected chi connectivity index (χ0v) is 22.6. The largest absolute Gasteiger partial charge is 0.508 e. The van der Waals surface area contributed by atoms with Gasteiger partial charge in [-0.25, -0.2) is 4.79 Å². The van der Waals surface area contributed by atoms with Crippen molar-refractivity contribution < 1.29 is 34.2 Å². The smallest absolute Gasteiger partial charge is 0.326 e. The molecule has 4 atom stereocenters. The van der Waals surface area contributed by atoms with Gasteiger partial charge in [-0.1, -0.05) is 26.0 Å². The minimum absolute atomic E-state index is 0.0150. The number of nitrogens with two attached hydrogens (primary N) is 4. The van der Waals surface area contributed by atoms with E-state index in [1.165, 1.54) is 24.3 Å². The lowest BCUT2D eigenvalue weighted by Crippen LogP contribution is -2.58. The van der Waals surface area contributed by atoms with Crippen molar-refractivity contribution in [1.82, 2.24) is 16.0 Å². The number of carbonyl (C=O) groups excluding carboxylic acids is 4. The maximum atomic E-state index is 13.1. The molecule has 13 N–H and O–H groups in total. The number of amides is 4. The number of hydrogen-bond acceptors (Lipinski definition) is 8. The molecule has 15 heteroatoms. The van der Waals surface area contributed by atoms with Crippen molar-refractivity contribution in [1.29, 1.82) is 0 Å². The highest BCUT2D eigenvalue weighted by Crippen LogP contribution is 2.12. The number of carboxylic acid groups (broad SMARTS) is 1. The lowest BCUT2D eigenvalue weighted by Gasteiger charge is -2.25. The van der Waals surface area contributed by atoms with Gasteiger partial charge in [-0.15, -0.1) is 0 Å². The molecule has 4 unspecified atom stereocenters. The van der Waals surface area contributed by atoms with Crippen molar-refractivity contribution in [3.05, 3.63) is 29.8 Å². The van der Waals surface area contributed by atoms with Crippen molar-refractivity contribution in [2.75, 3.05) is 6.54 Å². The molecule has 0 saturated carbocycles. The zero-order chi connectivity index (χ0) is 30.4. The molecule has 1 aromatic rings. The van der Waals surface area contributed by atoms with E-state index in [-0.39, 0.29) is 43.4 Å². The predicted molar refractivity (Wildman–Crippen MR) is 146 cm³/mol. The number of guanidine groups is 1. The summed E-state index contributed by atoms with van der Waals surface area (Å²) in [6.07, 6.45) is 0.0928. The van der Waals surface area contributed by atoms with Gasteiger partial charge in [0.05, 0.1) is 12.5 Å². The molecule has 4 amide bonds. The molecule has 0 aliphatic heterocycles. The Morgan fingerprint density at radius 2 is 1.43 bits per heavy atom. The predicted octanol–water partition coefficient (Wildman–Crippen LogP) is -2.22. The van der Waals surface area contributed by atoms with Gasteiger partial charge in [0.1, 0.15) is 23.9 Å². The van der Waals surface area contributed by atoms with E-state index in [2.05, 4.69) is 20.9 Å². The Hall–Kier alpha value is -4.40. The highest BCUT2D eigenvalue weighted by Gasteiger charge is 2.31. The summed E-state index contributed by atoms with van der Waals surface area (Å²) in [4.78, 5) is 66.0. The Balaban J connectivity index is 2.96. The molecule has 1 aromatic carbocycles. The second-order valence-electron chi connectivity index (χ2n) is 9.75. The fraction of sp³-hybridized carbons (Fsp3) is 0.520. The van der Waals surface area contributed by atoms with Gasteiger partial charge in [0, 0.05) is 13.0 Å². The van der Waals surface area contributed by atoms with Crippen LogP contribution < -0.4 is 38.9 Å². The van der Waals surface area contributed by atoms with Gasteiger partial charge in [-0.2, -0.15) is 0 Å². The van der Waals surface area contributed by atoms with Crippen LogP contribution in [0.2, 0.25) is 0 Å². The standard InChI is InChI=1S/C25H40N8O7/c1-13(2)10-17(31-21(36)16(26)4-3-9-30-25(28)29)22(37)32-18(12-20(27)35)23(38)33-19(24(39)40)11-14-5-7-15(34)8-6-14/h5-8,13,16-19,34H,3-4,9-12,26H2,1-2H3,(H2,27,35)(H,31,36)(H,32,37)(H,33,38)(H,39,40)(H4,28,29,30). The van der Waals surface area contributed by atoms with Gasteiger partial charge in [0.2, 0.25) is 23.6 Å². The van der Waals surface area contributed by atoms with Crippen LogP contribution >= 0.6 is 0 Å². The van der Waals surface area contributed by atoms with Crippen LogP contribution in [0.15, 0.2) is 29.3 Å². The molecule has 0 radical (unpaired) electrons. The molecule has 0 heterocycles. The Morgan fingerprint density at radius 3 is 1.95 bits per heavy atom. The lowest BCUT2D eigenvalue weighted by atomic mass is 10.0. The minimum Gasteiger partial charge on any atom is -0.508 e. The molecule has 0 aliphatic carbocycles. The van der Waals surface area contributed by atoms with E-state index in [0.29, 0.717) is 12.0 Å². The van der Waals surface area contributed by atoms with Crippen LogP contribution in [-0.4, -0.2) is 76.5 Å². The zero-order valence-electron chi connectivity index (χ0n) is 22.6. The van der Waals surface area contributed by atoms with Gasteiger partial charge >= 0.3 is 5.97 Å². The van der Waals surface area contributed by atoms with E-state index in [9.17, 15) is 34.2 Å². The number of primary amides is 1. The second-order valence-corrected chi connectivity index (χ2v) is 9.75. The molecule has 222 valence electrons. The third kappa shape index (κ3) is 12.9. The maximum Gasteiger partial charge on any atom is 0.326 e. The van der Waals surface area contributed by atoms with Gasteiger partial charge in [0.15, 0.2) is 5.96 Å². The SMILES string of the molecule is CC(C)CC(NC(=O)C(N)CCCN=C(N)N)C(=O)NC(CC(N)=O)C(=O)NC(Cc1ccc(O)cc1)C(=O)O. The summed E-state index contributed by atoms with van der Waals surface area (Å²) < 4.78 is 0. The molecular formula is C25H40N8O7. The summed E-state index contributed by atoms with van der Waals surface area (Å²) in [5, 5.41) is 26.3. The van der Waals surface area contributed by atoms with Crippen molar-refractivity contribution in [2.24, 2.45) is 33.8 Å². The van der Waals surface area contributed by atoms with Crippen LogP contribution in [0.5, 0.6) is 5.75 Å².